The lowest BCUT2D eigenvalue weighted by Crippen LogP contribution is -2.26. The standard InChI is InChI=1S/C13H20N2O2S/c1-17-7-3-6-15-13(16)10-18-12-5-2-4-11(8-12)9-14/h2,4-5,8H,3,6-7,9-10,14H2,1H3,(H,15,16). The Hall–Kier alpha value is -1.04. The van der Waals surface area contributed by atoms with Crippen LogP contribution in [0.2, 0.25) is 0 Å². The van der Waals surface area contributed by atoms with Gasteiger partial charge in [-0.15, -0.1) is 11.8 Å². The number of thioether (sulfide) groups is 1. The molecule has 1 aromatic rings. The summed E-state index contributed by atoms with van der Waals surface area (Å²) < 4.78 is 4.91. The zero-order valence-corrected chi connectivity index (χ0v) is 11.5. The number of hydrogen-bond donors (Lipinski definition) is 2. The van der Waals surface area contributed by atoms with E-state index in [1.165, 1.54) is 11.8 Å². The SMILES string of the molecule is COCCCNC(=O)CSc1cccc(CN)c1. The van der Waals surface area contributed by atoms with Gasteiger partial charge in [0.15, 0.2) is 0 Å². The van der Waals surface area contributed by atoms with Crippen molar-refractivity contribution in [2.75, 3.05) is 26.0 Å². The Morgan fingerprint density at radius 1 is 1.50 bits per heavy atom. The van der Waals surface area contributed by atoms with E-state index < -0.39 is 0 Å². The van der Waals surface area contributed by atoms with E-state index in [0.29, 0.717) is 25.4 Å². The van der Waals surface area contributed by atoms with E-state index in [9.17, 15) is 4.79 Å². The summed E-state index contributed by atoms with van der Waals surface area (Å²) in [5, 5.41) is 2.85. The van der Waals surface area contributed by atoms with E-state index in [-0.39, 0.29) is 5.91 Å². The zero-order chi connectivity index (χ0) is 13.2. The highest BCUT2D eigenvalue weighted by atomic mass is 32.2. The number of benzene rings is 1. The molecule has 0 saturated heterocycles. The number of ether oxygens (including phenoxy) is 1. The van der Waals surface area contributed by atoms with Crippen LogP contribution in [0.1, 0.15) is 12.0 Å². The van der Waals surface area contributed by atoms with Crippen molar-refractivity contribution in [3.63, 3.8) is 0 Å². The Labute approximate surface area is 112 Å². The molecule has 0 atom stereocenters. The number of carbonyl (C=O) groups excluding carboxylic acids is 1. The minimum atomic E-state index is 0.0502. The molecule has 0 bridgehead atoms. The molecule has 1 amide bonds. The summed E-state index contributed by atoms with van der Waals surface area (Å²) in [7, 11) is 1.65. The molecule has 0 spiro atoms. The number of nitrogens with two attached hydrogens (primary N) is 1. The zero-order valence-electron chi connectivity index (χ0n) is 10.6. The Morgan fingerprint density at radius 3 is 3.06 bits per heavy atom. The van der Waals surface area contributed by atoms with Crippen molar-refractivity contribution < 1.29 is 9.53 Å². The van der Waals surface area contributed by atoms with Crippen molar-refractivity contribution in [1.29, 1.82) is 0 Å². The molecule has 4 nitrogen and oxygen atoms in total. The van der Waals surface area contributed by atoms with E-state index in [1.54, 1.807) is 7.11 Å². The van der Waals surface area contributed by atoms with Crippen LogP contribution in [0, 0.1) is 0 Å². The molecule has 1 rings (SSSR count). The van der Waals surface area contributed by atoms with Crippen LogP contribution in [0.25, 0.3) is 0 Å². The maximum absolute atomic E-state index is 11.5. The average molecular weight is 268 g/mol. The Kier molecular flexibility index (Phi) is 7.48. The third-order valence-corrected chi connectivity index (χ3v) is 3.35. The Bertz CT molecular complexity index is 372. The van der Waals surface area contributed by atoms with Gasteiger partial charge in [0.05, 0.1) is 5.75 Å². The van der Waals surface area contributed by atoms with Gasteiger partial charge in [-0.2, -0.15) is 0 Å². The van der Waals surface area contributed by atoms with E-state index in [4.69, 9.17) is 10.5 Å². The smallest absolute Gasteiger partial charge is 0.230 e. The van der Waals surface area contributed by atoms with Gasteiger partial charge in [-0.25, -0.2) is 0 Å². The van der Waals surface area contributed by atoms with Crippen LogP contribution in [0.4, 0.5) is 0 Å². The van der Waals surface area contributed by atoms with Gasteiger partial charge in [0, 0.05) is 31.7 Å². The first-order valence-electron chi connectivity index (χ1n) is 5.93. The van der Waals surface area contributed by atoms with Crippen molar-refractivity contribution in [3.05, 3.63) is 29.8 Å². The molecule has 0 saturated carbocycles. The normalized spacial score (nSPS) is 10.3. The van der Waals surface area contributed by atoms with Crippen LogP contribution >= 0.6 is 11.8 Å². The lowest BCUT2D eigenvalue weighted by molar-refractivity contribution is -0.118. The van der Waals surface area contributed by atoms with Gasteiger partial charge in [0.25, 0.3) is 0 Å². The number of carbonyl (C=O) groups is 1. The van der Waals surface area contributed by atoms with Gasteiger partial charge in [-0.3, -0.25) is 4.79 Å². The largest absolute Gasteiger partial charge is 0.385 e. The van der Waals surface area contributed by atoms with E-state index in [2.05, 4.69) is 5.32 Å². The van der Waals surface area contributed by atoms with Gasteiger partial charge < -0.3 is 15.8 Å². The molecule has 1 aromatic carbocycles. The molecular weight excluding hydrogens is 248 g/mol. The van der Waals surface area contributed by atoms with Crippen LogP contribution in [-0.2, 0) is 16.1 Å². The molecule has 0 aliphatic carbocycles. The predicted molar refractivity (Wildman–Crippen MR) is 74.6 cm³/mol. The lowest BCUT2D eigenvalue weighted by atomic mass is 10.2. The summed E-state index contributed by atoms with van der Waals surface area (Å²) in [6.07, 6.45) is 0.843. The van der Waals surface area contributed by atoms with Crippen molar-refractivity contribution in [2.45, 2.75) is 17.9 Å². The molecule has 0 aromatic heterocycles. The minimum absolute atomic E-state index is 0.0502. The van der Waals surface area contributed by atoms with Crippen LogP contribution in [0.5, 0.6) is 0 Å². The summed E-state index contributed by atoms with van der Waals surface area (Å²) in [5.41, 5.74) is 6.65. The summed E-state index contributed by atoms with van der Waals surface area (Å²) in [6, 6.07) is 7.95. The molecule has 100 valence electrons. The third kappa shape index (κ3) is 6.05. The molecule has 3 N–H and O–H groups in total. The Morgan fingerprint density at radius 2 is 2.33 bits per heavy atom. The first-order valence-corrected chi connectivity index (χ1v) is 6.92. The molecule has 5 heteroatoms. The number of hydrogen-bond acceptors (Lipinski definition) is 4. The molecule has 0 aliphatic heterocycles. The fraction of sp³-hybridized carbons (Fsp3) is 0.462. The highest BCUT2D eigenvalue weighted by Gasteiger charge is 2.02. The molecule has 0 heterocycles. The number of rotatable bonds is 8. The van der Waals surface area contributed by atoms with Gasteiger partial charge >= 0.3 is 0 Å². The van der Waals surface area contributed by atoms with Crippen LogP contribution in [0.15, 0.2) is 29.2 Å². The quantitative estimate of drug-likeness (QED) is 0.552. The fourth-order valence-electron chi connectivity index (χ4n) is 1.41. The number of methoxy groups -OCH3 is 1. The maximum atomic E-state index is 11.5. The first-order chi connectivity index (χ1) is 8.76. The number of nitrogens with one attached hydrogen (secondary N) is 1. The third-order valence-electron chi connectivity index (χ3n) is 2.35. The summed E-state index contributed by atoms with van der Waals surface area (Å²) >= 11 is 1.52. The number of amides is 1. The van der Waals surface area contributed by atoms with Crippen LogP contribution < -0.4 is 11.1 Å². The predicted octanol–water partition coefficient (Wildman–Crippen LogP) is 1.39. The van der Waals surface area contributed by atoms with E-state index in [0.717, 1.165) is 16.9 Å². The highest BCUT2D eigenvalue weighted by Crippen LogP contribution is 2.18. The van der Waals surface area contributed by atoms with Crippen molar-refractivity contribution >= 4 is 17.7 Å². The van der Waals surface area contributed by atoms with Crippen molar-refractivity contribution in [3.8, 4) is 0 Å². The van der Waals surface area contributed by atoms with Crippen molar-refractivity contribution in [1.82, 2.24) is 5.32 Å². The summed E-state index contributed by atoms with van der Waals surface area (Å²) in [5.74, 6) is 0.482. The monoisotopic (exact) mass is 268 g/mol. The molecular formula is C13H20N2O2S. The average Bonchev–Trinajstić information content (AvgIpc) is 2.41. The maximum Gasteiger partial charge on any atom is 0.230 e. The summed E-state index contributed by atoms with van der Waals surface area (Å²) in [4.78, 5) is 12.6. The highest BCUT2D eigenvalue weighted by molar-refractivity contribution is 8.00. The van der Waals surface area contributed by atoms with Gasteiger partial charge in [0.1, 0.15) is 0 Å². The van der Waals surface area contributed by atoms with Gasteiger partial charge in [0.2, 0.25) is 5.91 Å². The second kappa shape index (κ2) is 8.97. The van der Waals surface area contributed by atoms with E-state index >= 15 is 0 Å². The van der Waals surface area contributed by atoms with Gasteiger partial charge in [-0.05, 0) is 24.1 Å². The fourth-order valence-corrected chi connectivity index (χ4v) is 2.22. The Balaban J connectivity index is 2.24. The van der Waals surface area contributed by atoms with E-state index in [1.807, 2.05) is 24.3 Å². The van der Waals surface area contributed by atoms with Crippen molar-refractivity contribution in [2.24, 2.45) is 5.73 Å². The molecule has 0 radical (unpaired) electrons. The molecule has 0 unspecified atom stereocenters. The van der Waals surface area contributed by atoms with Crippen LogP contribution in [0.3, 0.4) is 0 Å². The molecule has 0 aliphatic rings. The molecule has 18 heavy (non-hydrogen) atoms. The second-order valence-corrected chi connectivity index (χ2v) is 4.89. The first kappa shape index (κ1) is 15.0. The summed E-state index contributed by atoms with van der Waals surface area (Å²) in [6.45, 7) is 1.86. The van der Waals surface area contributed by atoms with Crippen LogP contribution in [-0.4, -0.2) is 31.9 Å². The van der Waals surface area contributed by atoms with Gasteiger partial charge in [-0.1, -0.05) is 12.1 Å². The second-order valence-electron chi connectivity index (χ2n) is 3.84. The topological polar surface area (TPSA) is 64.3 Å². The molecule has 0 fully saturated rings. The minimum Gasteiger partial charge on any atom is -0.385 e. The lowest BCUT2D eigenvalue weighted by Gasteiger charge is -2.05.